The van der Waals surface area contributed by atoms with Crippen molar-refractivity contribution >= 4 is 43.6 Å². The van der Waals surface area contributed by atoms with Crippen molar-refractivity contribution in [3.8, 4) is 44.8 Å². The average molecular weight is 637 g/mol. The topological polar surface area (TPSA) is 9.86 Å². The highest BCUT2D eigenvalue weighted by Gasteiger charge is 2.22. The molecular formula is C48H32N2. The quantitative estimate of drug-likeness (QED) is 0.178. The van der Waals surface area contributed by atoms with Crippen molar-refractivity contribution < 1.29 is 0 Å². The zero-order valence-electron chi connectivity index (χ0n) is 27.4. The molecule has 0 aliphatic carbocycles. The lowest BCUT2D eigenvalue weighted by molar-refractivity contribution is 1.17. The van der Waals surface area contributed by atoms with Crippen LogP contribution in [0.5, 0.6) is 0 Å². The lowest BCUT2D eigenvalue weighted by Crippen LogP contribution is -1.98. The molecule has 0 saturated heterocycles. The van der Waals surface area contributed by atoms with Gasteiger partial charge in [0.05, 0.1) is 27.8 Å². The smallest absolute Gasteiger partial charge is 0.0641 e. The lowest BCUT2D eigenvalue weighted by Gasteiger charge is -2.15. The predicted molar refractivity (Wildman–Crippen MR) is 211 cm³/mol. The van der Waals surface area contributed by atoms with Crippen molar-refractivity contribution in [1.29, 1.82) is 0 Å². The minimum absolute atomic E-state index is 1.15. The van der Waals surface area contributed by atoms with E-state index >= 15 is 0 Å². The number of benzene rings is 8. The molecule has 0 N–H and O–H groups in total. The van der Waals surface area contributed by atoms with Crippen LogP contribution in [0, 0.1) is 0 Å². The third kappa shape index (κ3) is 4.43. The molecule has 0 saturated carbocycles. The second kappa shape index (κ2) is 11.5. The molecule has 0 atom stereocenters. The molecule has 0 bridgehead atoms. The molecule has 0 spiro atoms. The van der Waals surface area contributed by atoms with Gasteiger partial charge in [-0.2, -0.15) is 0 Å². The van der Waals surface area contributed by atoms with E-state index in [1.165, 1.54) is 82.7 Å². The number of para-hydroxylation sites is 3. The number of hydrogen-bond donors (Lipinski definition) is 0. The summed E-state index contributed by atoms with van der Waals surface area (Å²) in [7, 11) is 0. The highest BCUT2D eigenvalue weighted by Crippen LogP contribution is 2.43. The summed E-state index contributed by atoms with van der Waals surface area (Å²) in [6.07, 6.45) is 0. The molecule has 234 valence electrons. The summed E-state index contributed by atoms with van der Waals surface area (Å²) in [5, 5.41) is 5.01. The minimum Gasteiger partial charge on any atom is -0.309 e. The number of rotatable bonds is 5. The van der Waals surface area contributed by atoms with E-state index < -0.39 is 0 Å². The Morgan fingerprint density at radius 1 is 0.300 bits per heavy atom. The molecule has 0 aliphatic rings. The first-order valence-electron chi connectivity index (χ1n) is 17.2. The molecule has 0 radical (unpaired) electrons. The largest absolute Gasteiger partial charge is 0.309 e. The highest BCUT2D eigenvalue weighted by molar-refractivity contribution is 6.26. The standard InChI is InChI=1S/C48H32N2/c1-3-14-33(15-4-1)35-26-28-36(29-27-35)39-20-7-10-23-43(39)50-44-24-11-8-21-40(44)41-30-31-46-47(48(41)50)42-22-9-12-25-45(42)49(46)38-19-13-18-37(32-38)34-16-5-2-6-17-34/h1-32H. The lowest BCUT2D eigenvalue weighted by atomic mass is 9.99. The molecule has 0 unspecified atom stereocenters. The van der Waals surface area contributed by atoms with E-state index in [1.807, 2.05) is 0 Å². The van der Waals surface area contributed by atoms with Crippen molar-refractivity contribution in [3.05, 3.63) is 194 Å². The van der Waals surface area contributed by atoms with Crippen LogP contribution >= 0.6 is 0 Å². The summed E-state index contributed by atoms with van der Waals surface area (Å²) in [4.78, 5) is 0. The van der Waals surface area contributed by atoms with Gasteiger partial charge in [0, 0.05) is 32.8 Å². The monoisotopic (exact) mass is 636 g/mol. The van der Waals surface area contributed by atoms with Crippen molar-refractivity contribution in [2.24, 2.45) is 0 Å². The van der Waals surface area contributed by atoms with Gasteiger partial charge in [0.15, 0.2) is 0 Å². The van der Waals surface area contributed by atoms with Gasteiger partial charge in [-0.15, -0.1) is 0 Å². The molecule has 8 aromatic carbocycles. The van der Waals surface area contributed by atoms with E-state index in [9.17, 15) is 0 Å². The number of nitrogens with zero attached hydrogens (tertiary/aromatic N) is 2. The molecule has 2 aromatic heterocycles. The van der Waals surface area contributed by atoms with Crippen LogP contribution in [-0.4, -0.2) is 9.13 Å². The van der Waals surface area contributed by atoms with Crippen molar-refractivity contribution in [1.82, 2.24) is 9.13 Å². The van der Waals surface area contributed by atoms with Gasteiger partial charge in [0.2, 0.25) is 0 Å². The summed E-state index contributed by atoms with van der Waals surface area (Å²) in [5.41, 5.74) is 14.4. The Hall–Kier alpha value is -6.64. The highest BCUT2D eigenvalue weighted by atomic mass is 15.0. The molecule has 0 amide bonds. The third-order valence-electron chi connectivity index (χ3n) is 10.1. The van der Waals surface area contributed by atoms with Gasteiger partial charge < -0.3 is 9.13 Å². The first-order valence-corrected chi connectivity index (χ1v) is 17.2. The third-order valence-corrected chi connectivity index (χ3v) is 10.1. The summed E-state index contributed by atoms with van der Waals surface area (Å²) in [6, 6.07) is 70.3. The van der Waals surface area contributed by atoms with E-state index in [4.69, 9.17) is 0 Å². The van der Waals surface area contributed by atoms with Crippen molar-refractivity contribution in [2.45, 2.75) is 0 Å². The molecule has 10 aromatic rings. The number of hydrogen-bond acceptors (Lipinski definition) is 0. The normalized spacial score (nSPS) is 11.6. The summed E-state index contributed by atoms with van der Waals surface area (Å²) in [6.45, 7) is 0. The fraction of sp³-hybridized carbons (Fsp3) is 0. The van der Waals surface area contributed by atoms with Gasteiger partial charge in [-0.25, -0.2) is 0 Å². The summed E-state index contributed by atoms with van der Waals surface area (Å²) < 4.78 is 4.94. The van der Waals surface area contributed by atoms with Gasteiger partial charge >= 0.3 is 0 Å². The van der Waals surface area contributed by atoms with Crippen LogP contribution in [0.4, 0.5) is 0 Å². The predicted octanol–water partition coefficient (Wildman–Crippen LogP) is 12.9. The molecule has 50 heavy (non-hydrogen) atoms. The number of fused-ring (bicyclic) bond motifs is 7. The van der Waals surface area contributed by atoms with E-state index in [2.05, 4.69) is 203 Å². The van der Waals surface area contributed by atoms with E-state index in [-0.39, 0.29) is 0 Å². The zero-order valence-corrected chi connectivity index (χ0v) is 27.4. The molecule has 0 fully saturated rings. The van der Waals surface area contributed by atoms with Crippen LogP contribution in [0.2, 0.25) is 0 Å². The molecule has 10 rings (SSSR count). The minimum atomic E-state index is 1.15. The fourth-order valence-corrected chi connectivity index (χ4v) is 7.88. The van der Waals surface area contributed by atoms with Gasteiger partial charge in [-0.1, -0.05) is 158 Å². The Morgan fingerprint density at radius 3 is 1.62 bits per heavy atom. The second-order valence-corrected chi connectivity index (χ2v) is 12.9. The van der Waals surface area contributed by atoms with Crippen LogP contribution < -0.4 is 0 Å². The van der Waals surface area contributed by atoms with Crippen LogP contribution in [-0.2, 0) is 0 Å². The van der Waals surface area contributed by atoms with E-state index in [0.717, 1.165) is 5.69 Å². The maximum absolute atomic E-state index is 2.50. The first-order chi connectivity index (χ1) is 24.8. The Balaban J connectivity index is 1.26. The zero-order chi connectivity index (χ0) is 33.0. The Kier molecular flexibility index (Phi) is 6.53. The average Bonchev–Trinajstić information content (AvgIpc) is 3.72. The SMILES string of the molecule is c1ccc(-c2ccc(-c3ccccc3-n3c4ccccc4c4ccc5c(c6ccccc6n5-c5cccc(-c6ccccc6)c5)c43)cc2)cc1. The molecule has 2 heterocycles. The maximum atomic E-state index is 2.50. The summed E-state index contributed by atoms with van der Waals surface area (Å²) in [5.74, 6) is 0. The molecule has 0 aliphatic heterocycles. The van der Waals surface area contributed by atoms with E-state index in [0.29, 0.717) is 0 Å². The van der Waals surface area contributed by atoms with Crippen molar-refractivity contribution in [2.75, 3.05) is 0 Å². The van der Waals surface area contributed by atoms with Crippen molar-refractivity contribution in [3.63, 3.8) is 0 Å². The van der Waals surface area contributed by atoms with Crippen LogP contribution in [0.15, 0.2) is 194 Å². The second-order valence-electron chi connectivity index (χ2n) is 12.9. The first kappa shape index (κ1) is 28.4. The van der Waals surface area contributed by atoms with Gasteiger partial charge in [-0.05, 0) is 64.2 Å². The Labute approximate surface area is 290 Å². The number of aromatic nitrogens is 2. The summed E-state index contributed by atoms with van der Waals surface area (Å²) >= 11 is 0. The van der Waals surface area contributed by atoms with Crippen LogP contribution in [0.3, 0.4) is 0 Å². The van der Waals surface area contributed by atoms with Crippen LogP contribution in [0.1, 0.15) is 0 Å². The molecule has 2 nitrogen and oxygen atoms in total. The maximum Gasteiger partial charge on any atom is 0.0641 e. The Bertz CT molecular complexity index is 2840. The molecule has 2 heteroatoms. The fourth-order valence-electron chi connectivity index (χ4n) is 7.88. The van der Waals surface area contributed by atoms with E-state index in [1.54, 1.807) is 0 Å². The molecular weight excluding hydrogens is 605 g/mol. The van der Waals surface area contributed by atoms with Gasteiger partial charge in [-0.3, -0.25) is 0 Å². The van der Waals surface area contributed by atoms with Gasteiger partial charge in [0.1, 0.15) is 0 Å². The van der Waals surface area contributed by atoms with Crippen LogP contribution in [0.25, 0.3) is 88.4 Å². The Morgan fingerprint density at radius 2 is 0.860 bits per heavy atom. The van der Waals surface area contributed by atoms with Gasteiger partial charge in [0.25, 0.3) is 0 Å².